The normalized spacial score (nSPS) is 13.9. The molecule has 0 fully saturated rings. The molecular weight excluding hydrogens is 314 g/mol. The molecule has 0 bridgehead atoms. The van der Waals surface area contributed by atoms with Crippen LogP contribution in [0.4, 0.5) is 5.69 Å². The van der Waals surface area contributed by atoms with Gasteiger partial charge in [0.05, 0.1) is 19.6 Å². The number of halogens is 1. The third-order valence-electron chi connectivity index (χ3n) is 4.05. The molecule has 1 amide bonds. The van der Waals surface area contributed by atoms with Crippen molar-refractivity contribution in [1.29, 1.82) is 0 Å². The van der Waals surface area contributed by atoms with Crippen LogP contribution >= 0.6 is 11.6 Å². The van der Waals surface area contributed by atoms with Crippen LogP contribution in [0.15, 0.2) is 18.2 Å². The number of unbranched alkanes of at least 4 members (excludes halogenated alkanes) is 1. The molecule has 1 atom stereocenters. The molecule has 1 aromatic rings. The van der Waals surface area contributed by atoms with Crippen LogP contribution < -0.4 is 9.22 Å². The zero-order valence-corrected chi connectivity index (χ0v) is 15.7. The monoisotopic (exact) mass is 342 g/mol. The minimum atomic E-state index is -0.0209. The maximum atomic E-state index is 12.6. The molecule has 0 aliphatic rings. The van der Waals surface area contributed by atoms with Gasteiger partial charge in [0.25, 0.3) is 0 Å². The van der Waals surface area contributed by atoms with Gasteiger partial charge in [0.1, 0.15) is 5.02 Å². The Labute approximate surface area is 144 Å². The highest BCUT2D eigenvalue weighted by Crippen LogP contribution is 2.42. The van der Waals surface area contributed by atoms with E-state index in [1.54, 1.807) is 13.0 Å². The number of quaternary nitrogens is 1. The van der Waals surface area contributed by atoms with Gasteiger partial charge in [0.2, 0.25) is 5.69 Å². The molecule has 0 saturated heterocycles. The molecular formula is C18H29ClNO3+. The quantitative estimate of drug-likeness (QED) is 0.368. The maximum absolute atomic E-state index is 12.6. The SMILES string of the molecule is CCCCOc1cccc(Cl)c1[N+](COCC)(C(C)=O)C(C)C. The molecule has 4 nitrogen and oxygen atoms in total. The lowest BCUT2D eigenvalue weighted by Crippen LogP contribution is -2.59. The average Bonchev–Trinajstić information content (AvgIpc) is 2.49. The van der Waals surface area contributed by atoms with Crippen molar-refractivity contribution in [3.05, 3.63) is 23.2 Å². The van der Waals surface area contributed by atoms with Gasteiger partial charge in [-0.15, -0.1) is 0 Å². The van der Waals surface area contributed by atoms with Gasteiger partial charge in [-0.25, -0.2) is 4.79 Å². The highest BCUT2D eigenvalue weighted by atomic mass is 35.5. The Morgan fingerprint density at radius 1 is 1.30 bits per heavy atom. The summed E-state index contributed by atoms with van der Waals surface area (Å²) in [6, 6.07) is 5.50. The number of rotatable bonds is 9. The number of ether oxygens (including phenoxy) is 2. The number of benzene rings is 1. The van der Waals surface area contributed by atoms with Crippen LogP contribution in [-0.4, -0.2) is 31.9 Å². The average molecular weight is 343 g/mol. The van der Waals surface area contributed by atoms with E-state index >= 15 is 0 Å². The van der Waals surface area contributed by atoms with Crippen LogP contribution in [0.5, 0.6) is 5.75 Å². The van der Waals surface area contributed by atoms with Gasteiger partial charge >= 0.3 is 5.91 Å². The molecule has 0 N–H and O–H groups in total. The minimum absolute atomic E-state index is 0.0121. The lowest BCUT2D eigenvalue weighted by Gasteiger charge is -2.38. The Morgan fingerprint density at radius 3 is 2.52 bits per heavy atom. The molecule has 1 rings (SSSR count). The van der Waals surface area contributed by atoms with Crippen molar-refractivity contribution in [2.24, 2.45) is 0 Å². The summed E-state index contributed by atoms with van der Waals surface area (Å²) in [5.41, 5.74) is 0.696. The zero-order valence-electron chi connectivity index (χ0n) is 14.9. The van der Waals surface area contributed by atoms with E-state index in [2.05, 4.69) is 6.92 Å². The van der Waals surface area contributed by atoms with Crippen molar-refractivity contribution in [2.75, 3.05) is 19.9 Å². The second-order valence-corrected chi connectivity index (χ2v) is 6.30. The summed E-state index contributed by atoms with van der Waals surface area (Å²) in [4.78, 5) is 12.6. The Balaban J connectivity index is 3.42. The van der Waals surface area contributed by atoms with Crippen molar-refractivity contribution in [2.45, 2.75) is 53.5 Å². The van der Waals surface area contributed by atoms with E-state index < -0.39 is 0 Å². The lowest BCUT2D eigenvalue weighted by atomic mass is 10.1. The van der Waals surface area contributed by atoms with Crippen LogP contribution in [0.3, 0.4) is 0 Å². The van der Waals surface area contributed by atoms with Crippen LogP contribution in [-0.2, 0) is 9.53 Å². The first-order valence-corrected chi connectivity index (χ1v) is 8.68. The first-order valence-electron chi connectivity index (χ1n) is 8.30. The van der Waals surface area contributed by atoms with Crippen LogP contribution in [0.2, 0.25) is 5.02 Å². The fourth-order valence-corrected chi connectivity index (χ4v) is 2.96. The van der Waals surface area contributed by atoms with Gasteiger partial charge in [-0.2, -0.15) is 4.48 Å². The Morgan fingerprint density at radius 2 is 2.00 bits per heavy atom. The third-order valence-corrected chi connectivity index (χ3v) is 4.35. The molecule has 5 heteroatoms. The highest BCUT2D eigenvalue weighted by molar-refractivity contribution is 6.33. The molecule has 0 saturated carbocycles. The second kappa shape index (κ2) is 9.26. The first-order chi connectivity index (χ1) is 10.9. The van der Waals surface area contributed by atoms with Gasteiger partial charge in [-0.1, -0.05) is 31.0 Å². The molecule has 0 radical (unpaired) electrons. The van der Waals surface area contributed by atoms with Crippen molar-refractivity contribution in [3.8, 4) is 5.75 Å². The number of carbonyl (C=O) groups is 1. The zero-order chi connectivity index (χ0) is 17.5. The predicted molar refractivity (Wildman–Crippen MR) is 96.0 cm³/mol. The van der Waals surface area contributed by atoms with Crippen molar-refractivity contribution in [1.82, 2.24) is 4.48 Å². The number of amides is 1. The van der Waals surface area contributed by atoms with Gasteiger partial charge in [0, 0.05) is 6.61 Å². The summed E-state index contributed by atoms with van der Waals surface area (Å²) < 4.78 is 11.6. The second-order valence-electron chi connectivity index (χ2n) is 5.89. The fourth-order valence-electron chi connectivity index (χ4n) is 2.64. The summed E-state index contributed by atoms with van der Waals surface area (Å²) in [5.74, 6) is 0.649. The lowest BCUT2D eigenvalue weighted by molar-refractivity contribution is -0.135. The summed E-state index contributed by atoms with van der Waals surface area (Å²) >= 11 is 6.49. The minimum Gasteiger partial charge on any atom is -0.487 e. The highest BCUT2D eigenvalue weighted by Gasteiger charge is 2.44. The Bertz CT molecular complexity index is 519. The molecule has 1 unspecified atom stereocenters. The van der Waals surface area contributed by atoms with Crippen molar-refractivity contribution < 1.29 is 14.3 Å². The fraction of sp³-hybridized carbons (Fsp3) is 0.611. The number of para-hydroxylation sites is 1. The molecule has 130 valence electrons. The van der Waals surface area contributed by atoms with Crippen LogP contribution in [0.25, 0.3) is 0 Å². The van der Waals surface area contributed by atoms with E-state index in [4.69, 9.17) is 21.1 Å². The van der Waals surface area contributed by atoms with E-state index in [1.165, 1.54) is 0 Å². The number of carbonyl (C=O) groups excluding carboxylic acids is 1. The maximum Gasteiger partial charge on any atom is 0.317 e. The number of hydrogen-bond donors (Lipinski definition) is 0. The van der Waals surface area contributed by atoms with E-state index in [9.17, 15) is 4.79 Å². The number of hydrogen-bond acceptors (Lipinski definition) is 3. The summed E-state index contributed by atoms with van der Waals surface area (Å²) in [5, 5.41) is 0.530. The van der Waals surface area contributed by atoms with E-state index in [-0.39, 0.29) is 23.2 Å². The van der Waals surface area contributed by atoms with Gasteiger partial charge in [-0.3, -0.25) is 0 Å². The smallest absolute Gasteiger partial charge is 0.317 e. The predicted octanol–water partition coefficient (Wildman–Crippen LogP) is 4.78. The van der Waals surface area contributed by atoms with E-state index in [1.807, 2.05) is 32.9 Å². The molecule has 23 heavy (non-hydrogen) atoms. The van der Waals surface area contributed by atoms with E-state index in [0.29, 0.717) is 29.7 Å². The Kier molecular flexibility index (Phi) is 8.03. The largest absolute Gasteiger partial charge is 0.487 e. The summed E-state index contributed by atoms with van der Waals surface area (Å²) in [6.45, 7) is 11.0. The van der Waals surface area contributed by atoms with Gasteiger partial charge < -0.3 is 9.47 Å². The van der Waals surface area contributed by atoms with Crippen molar-refractivity contribution >= 4 is 23.2 Å². The number of nitrogens with zero attached hydrogens (tertiary/aromatic N) is 1. The molecule has 0 aliphatic heterocycles. The molecule has 1 aromatic carbocycles. The van der Waals surface area contributed by atoms with Gasteiger partial charge in [0.15, 0.2) is 12.5 Å². The topological polar surface area (TPSA) is 35.5 Å². The van der Waals surface area contributed by atoms with Crippen LogP contribution in [0.1, 0.15) is 47.5 Å². The molecule has 0 spiro atoms. The summed E-state index contributed by atoms with van der Waals surface area (Å²) in [7, 11) is 0. The van der Waals surface area contributed by atoms with Crippen LogP contribution in [0, 0.1) is 0 Å². The Hall–Kier alpha value is -1.10. The third kappa shape index (κ3) is 4.46. The summed E-state index contributed by atoms with van der Waals surface area (Å²) in [6.07, 6.45) is 2.00. The van der Waals surface area contributed by atoms with Crippen molar-refractivity contribution in [3.63, 3.8) is 0 Å². The first kappa shape index (κ1) is 19.9. The molecule has 0 aliphatic carbocycles. The van der Waals surface area contributed by atoms with E-state index in [0.717, 1.165) is 12.8 Å². The van der Waals surface area contributed by atoms with Gasteiger partial charge in [-0.05, 0) is 39.3 Å². The standard InChI is InChI=1S/C18H29ClNO3/c1-6-8-12-23-17-11-9-10-16(19)18(17)20(14(3)4,15(5)21)13-22-7-2/h9-11,14H,6-8,12-13H2,1-5H3/q+1. The molecule has 0 aromatic heterocycles. The molecule has 0 heterocycles.